The molecule has 0 aromatic carbocycles. The second kappa shape index (κ2) is 7.18. The number of hydrogen-bond donors (Lipinski definition) is 2. The normalized spacial score (nSPS) is 41.9. The lowest BCUT2D eigenvalue weighted by molar-refractivity contribution is -0.957. The molecule has 20 heavy (non-hydrogen) atoms. The van der Waals surface area contributed by atoms with Crippen molar-refractivity contribution in [3.8, 4) is 0 Å². The fourth-order valence-electron chi connectivity index (χ4n) is 3.71. The Hall–Kier alpha value is -0.200. The van der Waals surface area contributed by atoms with Crippen molar-refractivity contribution in [3.63, 3.8) is 0 Å². The molecule has 5 nitrogen and oxygen atoms in total. The second-order valence-corrected chi connectivity index (χ2v) is 6.69. The molecule has 0 amide bonds. The number of ether oxygens (including phenoxy) is 1. The smallest absolute Gasteiger partial charge is 0.0933 e. The van der Waals surface area contributed by atoms with Gasteiger partial charge in [0.1, 0.15) is 0 Å². The van der Waals surface area contributed by atoms with Gasteiger partial charge >= 0.3 is 0 Å². The maximum atomic E-state index is 12.1. The van der Waals surface area contributed by atoms with Crippen LogP contribution < -0.4 is 10.1 Å². The number of quaternary nitrogens is 2. The zero-order valence-electron chi connectivity index (χ0n) is 13.1. The van der Waals surface area contributed by atoms with E-state index < -0.39 is 0 Å². The average Bonchev–Trinajstić information content (AvgIpc) is 2.47. The maximum Gasteiger partial charge on any atom is 0.0933 e. The van der Waals surface area contributed by atoms with Crippen LogP contribution in [0.25, 0.3) is 0 Å². The van der Waals surface area contributed by atoms with Gasteiger partial charge in [-0.3, -0.25) is 0 Å². The summed E-state index contributed by atoms with van der Waals surface area (Å²) in [7, 11) is 1.75. The van der Waals surface area contributed by atoms with E-state index >= 15 is 0 Å². The van der Waals surface area contributed by atoms with Crippen molar-refractivity contribution in [2.24, 2.45) is 0 Å². The van der Waals surface area contributed by atoms with Crippen molar-refractivity contribution < 1.29 is 14.9 Å². The fraction of sp³-hybridized carbons (Fsp3) is 1.00. The fourth-order valence-corrected chi connectivity index (χ4v) is 3.71. The van der Waals surface area contributed by atoms with Crippen LogP contribution in [0.3, 0.4) is 0 Å². The first kappa shape index (κ1) is 16.2. The van der Waals surface area contributed by atoms with Crippen LogP contribution in [0.15, 0.2) is 0 Å². The number of methoxy groups -OCH3 is 1. The summed E-state index contributed by atoms with van der Waals surface area (Å²) >= 11 is 0. The van der Waals surface area contributed by atoms with E-state index in [-0.39, 0.29) is 24.2 Å². The second-order valence-electron chi connectivity index (χ2n) is 6.69. The summed E-state index contributed by atoms with van der Waals surface area (Å²) in [5, 5.41) is 24.5. The SMILES string of the molecule is CC[C@@H](CCC1CC(CC[C@H]2CC(C)[NH+]2[O-])[NH+]1[O-])OC. The molecule has 2 saturated heterocycles. The summed E-state index contributed by atoms with van der Waals surface area (Å²) < 4.78 is 5.35. The number of rotatable bonds is 8. The largest absolute Gasteiger partial charge is 0.634 e. The van der Waals surface area contributed by atoms with Gasteiger partial charge < -0.3 is 25.3 Å². The van der Waals surface area contributed by atoms with Crippen LogP contribution >= 0.6 is 0 Å². The third kappa shape index (κ3) is 3.52. The van der Waals surface area contributed by atoms with Gasteiger partial charge in [-0.05, 0) is 19.8 Å². The van der Waals surface area contributed by atoms with Gasteiger partial charge in [0.2, 0.25) is 0 Å². The average molecular weight is 286 g/mol. The Morgan fingerprint density at radius 3 is 2.10 bits per heavy atom. The summed E-state index contributed by atoms with van der Waals surface area (Å²) in [5.41, 5.74) is 0. The third-order valence-corrected chi connectivity index (χ3v) is 5.39. The van der Waals surface area contributed by atoms with Crippen LogP contribution in [0.2, 0.25) is 0 Å². The van der Waals surface area contributed by atoms with Crippen LogP contribution in [0.5, 0.6) is 0 Å². The predicted octanol–water partition coefficient (Wildman–Crippen LogP) is 0.0389. The van der Waals surface area contributed by atoms with E-state index in [1.54, 1.807) is 7.11 Å². The molecule has 0 spiro atoms. The van der Waals surface area contributed by atoms with Gasteiger partial charge in [-0.25, -0.2) is 0 Å². The van der Waals surface area contributed by atoms with E-state index in [1.165, 1.54) is 0 Å². The summed E-state index contributed by atoms with van der Waals surface area (Å²) in [6.07, 6.45) is 7.22. The highest BCUT2D eigenvalue weighted by Gasteiger charge is 2.40. The van der Waals surface area contributed by atoms with Gasteiger partial charge in [0.15, 0.2) is 0 Å². The van der Waals surface area contributed by atoms with E-state index in [0.29, 0.717) is 16.2 Å². The molecule has 2 rings (SSSR count). The van der Waals surface area contributed by atoms with Crippen molar-refractivity contribution in [1.82, 2.24) is 0 Å². The van der Waals surface area contributed by atoms with Gasteiger partial charge in [-0.2, -0.15) is 0 Å². The lowest BCUT2D eigenvalue weighted by Crippen LogP contribution is -3.23. The molecule has 2 heterocycles. The molecule has 5 unspecified atom stereocenters. The van der Waals surface area contributed by atoms with Crippen molar-refractivity contribution in [3.05, 3.63) is 10.4 Å². The quantitative estimate of drug-likeness (QED) is 0.619. The monoisotopic (exact) mass is 286 g/mol. The lowest BCUT2D eigenvalue weighted by Gasteiger charge is -2.50. The molecule has 0 saturated carbocycles. The van der Waals surface area contributed by atoms with E-state index in [4.69, 9.17) is 4.74 Å². The minimum Gasteiger partial charge on any atom is -0.634 e. The molecular weight excluding hydrogens is 256 g/mol. The molecule has 2 aliphatic rings. The van der Waals surface area contributed by atoms with Gasteiger partial charge in [0.05, 0.1) is 43.1 Å². The number of hydroxylamine groups is 4. The third-order valence-electron chi connectivity index (χ3n) is 5.39. The van der Waals surface area contributed by atoms with Crippen molar-refractivity contribution >= 4 is 0 Å². The first-order valence-electron chi connectivity index (χ1n) is 8.17. The van der Waals surface area contributed by atoms with Gasteiger partial charge in [-0.15, -0.1) is 0 Å². The Morgan fingerprint density at radius 1 is 1.05 bits per heavy atom. The minimum atomic E-state index is 0.242. The lowest BCUT2D eigenvalue weighted by atomic mass is 9.85. The molecule has 0 aromatic rings. The van der Waals surface area contributed by atoms with Crippen LogP contribution in [0.1, 0.15) is 58.8 Å². The standard InChI is InChI=1S/C15H30N2O3/c1-4-15(20-3)8-7-14-10-13(17(14)19)6-5-12-9-11(2)16(12)18/h11-17H,4-10H2,1-3H3/t11?,12-,13?,14?,15-/m0/s1. The Labute approximate surface area is 122 Å². The maximum absolute atomic E-state index is 12.1. The first-order valence-corrected chi connectivity index (χ1v) is 8.17. The van der Waals surface area contributed by atoms with Gasteiger partial charge in [-0.1, -0.05) is 6.92 Å². The molecular formula is C15H30N2O3. The van der Waals surface area contributed by atoms with Crippen molar-refractivity contribution in [2.75, 3.05) is 7.11 Å². The highest BCUT2D eigenvalue weighted by molar-refractivity contribution is 4.79. The summed E-state index contributed by atoms with van der Waals surface area (Å²) in [6.45, 7) is 4.12. The van der Waals surface area contributed by atoms with E-state index in [2.05, 4.69) is 6.92 Å². The van der Waals surface area contributed by atoms with Gasteiger partial charge in [0.25, 0.3) is 0 Å². The molecule has 2 aliphatic heterocycles. The van der Waals surface area contributed by atoms with E-state index in [1.807, 2.05) is 6.92 Å². The topological polar surface area (TPSA) is 64.2 Å². The zero-order chi connectivity index (χ0) is 14.7. The summed E-state index contributed by atoms with van der Waals surface area (Å²) in [6, 6.07) is 1.03. The van der Waals surface area contributed by atoms with E-state index in [0.717, 1.165) is 44.9 Å². The van der Waals surface area contributed by atoms with Gasteiger partial charge in [0, 0.05) is 26.4 Å². The highest BCUT2D eigenvalue weighted by Crippen LogP contribution is 2.19. The zero-order valence-corrected chi connectivity index (χ0v) is 13.1. The minimum absolute atomic E-state index is 0.242. The molecule has 0 aromatic heterocycles. The predicted molar refractivity (Wildman–Crippen MR) is 78.3 cm³/mol. The molecule has 0 radical (unpaired) electrons. The Bertz CT molecular complexity index is 299. The van der Waals surface area contributed by atoms with Crippen LogP contribution in [0.4, 0.5) is 0 Å². The van der Waals surface area contributed by atoms with E-state index in [9.17, 15) is 10.4 Å². The Morgan fingerprint density at radius 2 is 1.65 bits per heavy atom. The van der Waals surface area contributed by atoms with Crippen LogP contribution in [-0.2, 0) is 4.74 Å². The molecule has 5 heteroatoms. The molecule has 118 valence electrons. The Balaban J connectivity index is 1.59. The highest BCUT2D eigenvalue weighted by atomic mass is 16.5. The molecule has 7 atom stereocenters. The summed E-state index contributed by atoms with van der Waals surface area (Å²) in [5.74, 6) is 0. The number of nitrogens with one attached hydrogen (secondary N) is 2. The van der Waals surface area contributed by atoms with Crippen molar-refractivity contribution in [1.29, 1.82) is 0 Å². The molecule has 2 N–H and O–H groups in total. The number of hydrogen-bond acceptors (Lipinski definition) is 3. The first-order chi connectivity index (χ1) is 9.56. The molecule has 2 fully saturated rings. The van der Waals surface area contributed by atoms with Crippen LogP contribution in [0, 0.1) is 10.4 Å². The Kier molecular flexibility index (Phi) is 5.81. The molecule has 0 bridgehead atoms. The van der Waals surface area contributed by atoms with Crippen LogP contribution in [-0.4, -0.2) is 37.4 Å². The molecule has 0 aliphatic carbocycles. The van der Waals surface area contributed by atoms with Crippen molar-refractivity contribution in [2.45, 2.75) is 89.1 Å². The summed E-state index contributed by atoms with van der Waals surface area (Å²) in [4.78, 5) is 0.